The zero-order chi connectivity index (χ0) is 19.4. The fourth-order valence-corrected chi connectivity index (χ4v) is 4.73. The van der Waals surface area contributed by atoms with Crippen molar-refractivity contribution in [2.24, 2.45) is 5.92 Å². The summed E-state index contributed by atoms with van der Waals surface area (Å²) in [7, 11) is 1.53. The first-order chi connectivity index (χ1) is 12.6. The van der Waals surface area contributed by atoms with E-state index in [4.69, 9.17) is 15.0 Å². The molecule has 0 aromatic heterocycles. The van der Waals surface area contributed by atoms with Crippen LogP contribution in [0.3, 0.4) is 0 Å². The molecule has 2 bridgehead atoms. The van der Waals surface area contributed by atoms with E-state index in [0.29, 0.717) is 17.9 Å². The molecule has 0 radical (unpaired) electrons. The average Bonchev–Trinajstić information content (AvgIpc) is 2.84. The number of benzene rings is 1. The van der Waals surface area contributed by atoms with E-state index in [1.165, 1.54) is 18.1 Å². The summed E-state index contributed by atoms with van der Waals surface area (Å²) >= 11 is 0. The predicted octanol–water partition coefficient (Wildman–Crippen LogP) is 1.50. The molecule has 0 saturated carbocycles. The lowest BCUT2D eigenvalue weighted by atomic mass is 9.53. The van der Waals surface area contributed by atoms with Gasteiger partial charge in [0.05, 0.1) is 8.48 Å². The summed E-state index contributed by atoms with van der Waals surface area (Å²) < 4.78 is 53.7. The minimum atomic E-state index is -2.41. The number of likely N-dealkylation sites (N-methyl/N-ethyl adjacent to an activating group) is 1. The van der Waals surface area contributed by atoms with Gasteiger partial charge in [0.1, 0.15) is 12.2 Å². The van der Waals surface area contributed by atoms with Crippen LogP contribution in [0.2, 0.25) is 0 Å². The van der Waals surface area contributed by atoms with Gasteiger partial charge in [-0.2, -0.15) is 0 Å². The van der Waals surface area contributed by atoms with Crippen LogP contribution in [0.5, 0.6) is 11.5 Å². The normalized spacial score (nSPS) is 51.6. The van der Waals surface area contributed by atoms with Gasteiger partial charge in [0.25, 0.3) is 0 Å². The largest absolute Gasteiger partial charge is 0.493 e. The van der Waals surface area contributed by atoms with Crippen molar-refractivity contribution < 1.29 is 21.4 Å². The number of hydrogen-bond acceptors (Lipinski definition) is 4. The highest BCUT2D eigenvalue weighted by Gasteiger charge is 2.64. The van der Waals surface area contributed by atoms with E-state index in [1.54, 1.807) is 12.1 Å². The van der Waals surface area contributed by atoms with Gasteiger partial charge in [-0.25, -0.2) is 0 Å². The van der Waals surface area contributed by atoms with E-state index in [2.05, 4.69) is 0 Å². The Hall–Kier alpha value is -1.52. The van der Waals surface area contributed by atoms with Crippen LogP contribution < -0.4 is 9.47 Å². The van der Waals surface area contributed by atoms with E-state index < -0.39 is 36.5 Å². The molecule has 5 rings (SSSR count). The zero-order valence-electron chi connectivity index (χ0n) is 17.3. The van der Waals surface area contributed by atoms with Crippen molar-refractivity contribution in [1.82, 2.24) is 4.90 Å². The minimum absolute atomic E-state index is 0.136. The number of methoxy groups -OCH3 is 1. The van der Waals surface area contributed by atoms with Gasteiger partial charge in [-0.3, -0.25) is 0 Å². The lowest BCUT2D eigenvalue weighted by Gasteiger charge is -2.56. The molecule has 4 nitrogen and oxygen atoms in total. The smallest absolute Gasteiger partial charge is 0.165 e. The molecule has 4 heteroatoms. The molecule has 1 aromatic rings. The van der Waals surface area contributed by atoms with Gasteiger partial charge < -0.3 is 19.5 Å². The van der Waals surface area contributed by atoms with Crippen LogP contribution in [-0.4, -0.2) is 48.8 Å². The van der Waals surface area contributed by atoms with Crippen LogP contribution in [0.4, 0.5) is 0 Å². The van der Waals surface area contributed by atoms with Crippen LogP contribution in [-0.2, 0) is 11.8 Å². The maximum atomic E-state index is 10.7. The van der Waals surface area contributed by atoms with E-state index in [9.17, 15) is 6.48 Å². The first-order valence-electron chi connectivity index (χ1n) is 10.1. The molecule has 5 atom stereocenters. The van der Waals surface area contributed by atoms with Gasteiger partial charge in [0.15, 0.2) is 11.5 Å². The number of ether oxygens (including phenoxy) is 2. The first-order valence-corrected chi connectivity index (χ1v) is 7.63. The van der Waals surface area contributed by atoms with E-state index >= 15 is 0 Å². The Morgan fingerprint density at radius 2 is 2.41 bits per heavy atom. The minimum Gasteiger partial charge on any atom is -0.493 e. The third-order valence-corrected chi connectivity index (χ3v) is 5.62. The Balaban J connectivity index is 1.84. The lowest BCUT2D eigenvalue weighted by Crippen LogP contribution is -2.64. The third-order valence-electron chi connectivity index (χ3n) is 5.62. The quantitative estimate of drug-likeness (QED) is 0.799. The maximum absolute atomic E-state index is 10.7. The van der Waals surface area contributed by atoms with Gasteiger partial charge in [0.2, 0.25) is 0 Å². The molecule has 2 aliphatic carbocycles. The molecule has 2 aliphatic heterocycles. The molecular weight excluding hydrogens is 278 g/mol. The van der Waals surface area contributed by atoms with Gasteiger partial charge in [-0.05, 0) is 38.0 Å². The van der Waals surface area contributed by atoms with Crippen LogP contribution in [0, 0.1) is 5.92 Å². The Morgan fingerprint density at radius 1 is 1.50 bits per heavy atom. The van der Waals surface area contributed by atoms with Crippen molar-refractivity contribution in [1.29, 1.82) is 0 Å². The van der Waals surface area contributed by atoms with Crippen molar-refractivity contribution in [2.75, 3.05) is 20.6 Å². The topological polar surface area (TPSA) is 41.9 Å². The third kappa shape index (κ3) is 1.28. The Bertz CT molecular complexity index is 873. The molecule has 0 amide bonds. The molecule has 1 N–H and O–H groups in total. The second-order valence-corrected chi connectivity index (χ2v) is 6.45. The van der Waals surface area contributed by atoms with Crippen molar-refractivity contribution in [3.63, 3.8) is 0 Å². The molecule has 1 aromatic carbocycles. The standard InChI is InChI=1S/C18H21NO3/c1-19-8-7-18-11-4-5-13(20)17(18)22-16-14(21-2)6-3-10(15(16)18)9-12(11)19/h3-6,11-13,17,20H,7-9H2,1-2H3/t11-,12+,13?,17?,18-/m0/s1/i1D3,12D,17D. The molecule has 4 aliphatic rings. The van der Waals surface area contributed by atoms with Crippen molar-refractivity contribution in [3.05, 3.63) is 35.4 Å². The predicted molar refractivity (Wildman–Crippen MR) is 82.5 cm³/mol. The second-order valence-electron chi connectivity index (χ2n) is 6.45. The van der Waals surface area contributed by atoms with Gasteiger partial charge in [-0.1, -0.05) is 18.2 Å². The summed E-state index contributed by atoms with van der Waals surface area (Å²) in [6.07, 6.45) is 0.833. The highest BCUT2D eigenvalue weighted by Crippen LogP contribution is 2.62. The molecule has 1 saturated heterocycles. The van der Waals surface area contributed by atoms with Crippen LogP contribution >= 0.6 is 0 Å². The van der Waals surface area contributed by atoms with E-state index in [0.717, 1.165) is 11.1 Å². The first kappa shape index (κ1) is 8.94. The number of rotatable bonds is 1. The highest BCUT2D eigenvalue weighted by molar-refractivity contribution is 5.62. The molecule has 1 fully saturated rings. The Labute approximate surface area is 137 Å². The molecular formula is C18H21NO3. The highest BCUT2D eigenvalue weighted by atomic mass is 16.5. The summed E-state index contributed by atoms with van der Waals surface area (Å²) in [5, 5.41) is 10.7. The number of likely N-dealkylation sites (tertiary alicyclic amines) is 1. The summed E-state index contributed by atoms with van der Waals surface area (Å²) in [6, 6.07) is 2.12. The summed E-state index contributed by atoms with van der Waals surface area (Å²) in [5.74, 6) is 0.355. The second kappa shape index (κ2) is 4.06. The summed E-state index contributed by atoms with van der Waals surface area (Å²) in [5.41, 5.74) is 0.614. The Kier molecular flexibility index (Phi) is 1.65. The fraction of sp³-hybridized carbons (Fsp3) is 0.556. The van der Waals surface area contributed by atoms with Crippen molar-refractivity contribution in [2.45, 2.75) is 36.5 Å². The molecule has 22 heavy (non-hydrogen) atoms. The van der Waals surface area contributed by atoms with Crippen LogP contribution in [0.1, 0.15) is 24.4 Å². The molecule has 2 unspecified atom stereocenters. The number of piperidine rings is 1. The fourth-order valence-electron chi connectivity index (χ4n) is 4.73. The van der Waals surface area contributed by atoms with Gasteiger partial charge in [0, 0.05) is 28.4 Å². The van der Waals surface area contributed by atoms with Crippen molar-refractivity contribution in [3.8, 4) is 11.5 Å². The molecule has 2 heterocycles. The summed E-state index contributed by atoms with van der Waals surface area (Å²) in [6.45, 7) is -2.28. The number of hydrogen-bond donors (Lipinski definition) is 1. The van der Waals surface area contributed by atoms with Crippen LogP contribution in [0.15, 0.2) is 24.3 Å². The zero-order valence-corrected chi connectivity index (χ0v) is 12.3. The number of aliphatic hydroxyl groups excluding tert-OH is 1. The monoisotopic (exact) mass is 304 g/mol. The summed E-state index contributed by atoms with van der Waals surface area (Å²) in [4.78, 5) is 1.27. The lowest BCUT2D eigenvalue weighted by molar-refractivity contribution is -0.0453. The van der Waals surface area contributed by atoms with Crippen LogP contribution in [0.25, 0.3) is 0 Å². The van der Waals surface area contributed by atoms with Crippen molar-refractivity contribution >= 4 is 0 Å². The van der Waals surface area contributed by atoms with Gasteiger partial charge in [-0.15, -0.1) is 0 Å². The number of aliphatic hydroxyl groups is 1. The molecule has 116 valence electrons. The number of nitrogens with zero attached hydrogens (tertiary/aromatic N) is 1. The SMILES string of the molecule is [2H]C([2H])([2H])N1CC[C@]23c4c5ccc(OC)c4OC2([2H])C(O)C=C[C@H]3[C@@]1([2H])C5. The van der Waals surface area contributed by atoms with E-state index in [1.807, 2.05) is 6.07 Å². The molecule has 1 spiro atoms. The van der Waals surface area contributed by atoms with E-state index in [-0.39, 0.29) is 13.0 Å². The van der Waals surface area contributed by atoms with Gasteiger partial charge >= 0.3 is 0 Å². The maximum Gasteiger partial charge on any atom is 0.165 e. The Morgan fingerprint density at radius 3 is 3.23 bits per heavy atom. The average molecular weight is 304 g/mol.